The van der Waals surface area contributed by atoms with Crippen LogP contribution in [0.3, 0.4) is 0 Å². The third kappa shape index (κ3) is 3.74. The largest absolute Gasteiger partial charge is 0.497 e. The van der Waals surface area contributed by atoms with Gasteiger partial charge in [-0.2, -0.15) is 0 Å². The molecule has 0 saturated carbocycles. The molecule has 3 atom stereocenters. The van der Waals surface area contributed by atoms with Gasteiger partial charge >= 0.3 is 0 Å². The molecule has 3 aliphatic rings. The number of halogens is 1. The van der Waals surface area contributed by atoms with Crippen LogP contribution < -0.4 is 14.4 Å². The van der Waals surface area contributed by atoms with Gasteiger partial charge in [0, 0.05) is 39.4 Å². The molecule has 7 rings (SSSR count). The third-order valence-corrected chi connectivity index (χ3v) is 8.96. The van der Waals surface area contributed by atoms with E-state index >= 15 is 0 Å². The standard InChI is InChI=1S/C36H28FNO5/c1-3-43-29-11-7-6-10-27(29)31-32(33(39)21-12-16-24(42-2)17-13-21)38-28-18-15-23(37)20-22(28)14-19-30(38)36(31)34(40)25-8-4-5-9-26(25)35(36)41/h4-20,30-32H,3H2,1-2H3/t30-,31+,32+/m1/s1. The van der Waals surface area contributed by atoms with E-state index in [-0.39, 0.29) is 17.3 Å². The van der Waals surface area contributed by atoms with Crippen molar-refractivity contribution in [2.75, 3.05) is 18.6 Å². The number of anilines is 1. The summed E-state index contributed by atoms with van der Waals surface area (Å²) < 4.78 is 25.8. The molecule has 6 nitrogen and oxygen atoms in total. The van der Waals surface area contributed by atoms with Gasteiger partial charge in [0.2, 0.25) is 0 Å². The summed E-state index contributed by atoms with van der Waals surface area (Å²) in [6.45, 7) is 2.21. The number of para-hydroxylation sites is 1. The first-order valence-corrected chi connectivity index (χ1v) is 14.3. The molecule has 0 radical (unpaired) electrons. The Labute approximate surface area is 248 Å². The summed E-state index contributed by atoms with van der Waals surface area (Å²) >= 11 is 0. The fourth-order valence-corrected chi connectivity index (χ4v) is 7.24. The maximum absolute atomic E-state index is 14.8. The molecule has 1 fully saturated rings. The highest BCUT2D eigenvalue weighted by atomic mass is 19.1. The zero-order chi connectivity index (χ0) is 29.9. The van der Waals surface area contributed by atoms with Crippen LogP contribution in [0.2, 0.25) is 0 Å². The highest BCUT2D eigenvalue weighted by Gasteiger charge is 2.72. The number of Topliss-reactive ketones (excluding diaryl/α,β-unsaturated/α-hetero) is 3. The molecule has 43 heavy (non-hydrogen) atoms. The van der Waals surface area contributed by atoms with E-state index in [0.29, 0.717) is 51.6 Å². The van der Waals surface area contributed by atoms with Crippen molar-refractivity contribution in [3.8, 4) is 11.5 Å². The van der Waals surface area contributed by atoms with E-state index in [1.807, 2.05) is 30.0 Å². The highest BCUT2D eigenvalue weighted by molar-refractivity contribution is 6.32. The van der Waals surface area contributed by atoms with E-state index in [1.165, 1.54) is 12.1 Å². The summed E-state index contributed by atoms with van der Waals surface area (Å²) in [6.07, 6.45) is 3.53. The van der Waals surface area contributed by atoms with E-state index in [1.54, 1.807) is 79.9 Å². The molecule has 1 saturated heterocycles. The van der Waals surface area contributed by atoms with E-state index in [0.717, 1.165) is 0 Å². The van der Waals surface area contributed by atoms with E-state index in [9.17, 15) is 18.8 Å². The van der Waals surface area contributed by atoms with Crippen LogP contribution in [0.4, 0.5) is 10.1 Å². The molecule has 214 valence electrons. The lowest BCUT2D eigenvalue weighted by Gasteiger charge is -2.37. The monoisotopic (exact) mass is 573 g/mol. The molecule has 0 aromatic heterocycles. The Balaban J connectivity index is 1.55. The van der Waals surface area contributed by atoms with Crippen LogP contribution in [-0.4, -0.2) is 43.2 Å². The number of nitrogens with zero attached hydrogens (tertiary/aromatic N) is 1. The van der Waals surface area contributed by atoms with Crippen LogP contribution in [0, 0.1) is 11.2 Å². The first-order valence-electron chi connectivity index (χ1n) is 14.3. The Morgan fingerprint density at radius 3 is 2.26 bits per heavy atom. The fraction of sp³-hybridized carbons (Fsp3) is 0.194. The minimum atomic E-state index is -1.67. The first-order chi connectivity index (χ1) is 20.9. The summed E-state index contributed by atoms with van der Waals surface area (Å²) in [5.74, 6) is -1.20. The number of rotatable bonds is 6. The molecule has 0 unspecified atom stereocenters. The van der Waals surface area contributed by atoms with Crippen molar-refractivity contribution in [2.45, 2.75) is 24.9 Å². The van der Waals surface area contributed by atoms with Crippen LogP contribution in [0.15, 0.2) is 97.1 Å². The maximum atomic E-state index is 14.8. The number of carbonyl (C=O) groups excluding carboxylic acids is 3. The van der Waals surface area contributed by atoms with Gasteiger partial charge in [-0.05, 0) is 55.5 Å². The van der Waals surface area contributed by atoms with Crippen molar-refractivity contribution in [1.29, 1.82) is 0 Å². The van der Waals surface area contributed by atoms with Gasteiger partial charge in [-0.15, -0.1) is 0 Å². The summed E-state index contributed by atoms with van der Waals surface area (Å²) in [5, 5.41) is 0. The molecule has 4 aromatic rings. The van der Waals surface area contributed by atoms with Gasteiger partial charge in [0.25, 0.3) is 0 Å². The molecule has 0 bridgehead atoms. The topological polar surface area (TPSA) is 72.9 Å². The molecule has 0 N–H and O–H groups in total. The number of carbonyl (C=O) groups is 3. The van der Waals surface area contributed by atoms with Crippen molar-refractivity contribution in [1.82, 2.24) is 0 Å². The number of ether oxygens (including phenoxy) is 2. The predicted molar refractivity (Wildman–Crippen MR) is 161 cm³/mol. The average molecular weight is 574 g/mol. The van der Waals surface area contributed by atoms with Crippen molar-refractivity contribution in [2.24, 2.45) is 5.41 Å². The second-order valence-electron chi connectivity index (χ2n) is 11.0. The van der Waals surface area contributed by atoms with Crippen LogP contribution in [-0.2, 0) is 0 Å². The van der Waals surface area contributed by atoms with Crippen LogP contribution in [0.5, 0.6) is 11.5 Å². The van der Waals surface area contributed by atoms with Crippen molar-refractivity contribution >= 4 is 29.1 Å². The van der Waals surface area contributed by atoms with Gasteiger partial charge < -0.3 is 14.4 Å². The fourth-order valence-electron chi connectivity index (χ4n) is 7.24. The first kappa shape index (κ1) is 26.8. The molecular formula is C36H28FNO5. The summed E-state index contributed by atoms with van der Waals surface area (Å²) in [7, 11) is 1.55. The van der Waals surface area contributed by atoms with Crippen LogP contribution in [0.1, 0.15) is 55.0 Å². The molecule has 4 aromatic carbocycles. The second kappa shape index (κ2) is 10.1. The van der Waals surface area contributed by atoms with Gasteiger partial charge in [-0.3, -0.25) is 14.4 Å². The Morgan fingerprint density at radius 1 is 0.907 bits per heavy atom. The van der Waals surface area contributed by atoms with Gasteiger partial charge in [-0.1, -0.05) is 54.6 Å². The molecule has 7 heteroatoms. The molecule has 1 spiro atoms. The van der Waals surface area contributed by atoms with Crippen molar-refractivity contribution in [3.05, 3.63) is 131 Å². The van der Waals surface area contributed by atoms with E-state index < -0.39 is 29.2 Å². The minimum Gasteiger partial charge on any atom is -0.497 e. The number of fused-ring (bicyclic) bond motifs is 5. The number of hydrogen-bond donors (Lipinski definition) is 0. The Bertz CT molecular complexity index is 1790. The van der Waals surface area contributed by atoms with Gasteiger partial charge in [-0.25, -0.2) is 4.39 Å². The minimum absolute atomic E-state index is 0.275. The van der Waals surface area contributed by atoms with E-state index in [4.69, 9.17) is 9.47 Å². The molecule has 1 aliphatic carbocycles. The Kier molecular flexibility index (Phi) is 6.27. The number of methoxy groups -OCH3 is 1. The Hall–Kier alpha value is -5.04. The molecule has 0 amide bonds. The summed E-state index contributed by atoms with van der Waals surface area (Å²) in [6, 6.07) is 23.5. The normalized spacial score (nSPS) is 21.0. The van der Waals surface area contributed by atoms with Gasteiger partial charge in [0.05, 0.1) is 19.8 Å². The molecule has 2 heterocycles. The van der Waals surface area contributed by atoms with Gasteiger partial charge in [0.1, 0.15) is 28.8 Å². The lowest BCUT2D eigenvalue weighted by Crippen LogP contribution is -2.48. The number of ketones is 3. The lowest BCUT2D eigenvalue weighted by molar-refractivity contribution is 0.0664. The van der Waals surface area contributed by atoms with Crippen molar-refractivity contribution < 1.29 is 28.2 Å². The number of hydrogen-bond acceptors (Lipinski definition) is 6. The predicted octanol–water partition coefficient (Wildman–Crippen LogP) is 6.55. The maximum Gasteiger partial charge on any atom is 0.185 e. The van der Waals surface area contributed by atoms with Crippen LogP contribution >= 0.6 is 0 Å². The van der Waals surface area contributed by atoms with Gasteiger partial charge in [0.15, 0.2) is 17.3 Å². The molecular weight excluding hydrogens is 545 g/mol. The quantitative estimate of drug-likeness (QED) is 0.192. The second-order valence-corrected chi connectivity index (χ2v) is 11.0. The van der Waals surface area contributed by atoms with Crippen LogP contribution in [0.25, 0.3) is 6.08 Å². The Morgan fingerprint density at radius 2 is 1.58 bits per heavy atom. The third-order valence-electron chi connectivity index (χ3n) is 8.96. The zero-order valence-electron chi connectivity index (χ0n) is 23.6. The summed E-state index contributed by atoms with van der Waals surface area (Å²) in [4.78, 5) is 46.2. The van der Waals surface area contributed by atoms with E-state index in [2.05, 4.69) is 0 Å². The smallest absolute Gasteiger partial charge is 0.185 e. The summed E-state index contributed by atoms with van der Waals surface area (Å²) in [5.41, 5.74) is 1.13. The average Bonchev–Trinajstić information content (AvgIpc) is 3.47. The SMILES string of the molecule is CCOc1ccccc1[C@H]1[C@@H](C(=O)c2ccc(OC)cc2)N2c3ccc(F)cc3C=C[C@@H]2C12C(=O)c1ccccc1C2=O. The molecule has 2 aliphatic heterocycles. The zero-order valence-corrected chi connectivity index (χ0v) is 23.6. The number of benzene rings is 4. The van der Waals surface area contributed by atoms with Crippen molar-refractivity contribution in [3.63, 3.8) is 0 Å². The highest BCUT2D eigenvalue weighted by Crippen LogP contribution is 2.62. The lowest BCUT2D eigenvalue weighted by atomic mass is 9.64.